The van der Waals surface area contributed by atoms with Gasteiger partial charge < -0.3 is 9.42 Å². The fourth-order valence-electron chi connectivity index (χ4n) is 2.52. The standard InChI is InChI=1S/C19H21N3O2S/c1-13-6-7-15(11-14(13)2)8-9-18(23)22(3)12-17-20-19(21-24-17)16-5-4-10-25-16/h4-7,10-11H,8-9,12H2,1-3H3. The zero-order chi connectivity index (χ0) is 17.8. The van der Waals surface area contributed by atoms with Crippen molar-refractivity contribution in [3.63, 3.8) is 0 Å². The highest BCUT2D eigenvalue weighted by atomic mass is 32.1. The minimum atomic E-state index is 0.0640. The molecule has 2 heterocycles. The molecule has 3 aromatic rings. The predicted molar refractivity (Wildman–Crippen MR) is 98.3 cm³/mol. The van der Waals surface area contributed by atoms with Crippen molar-refractivity contribution in [1.29, 1.82) is 0 Å². The Kier molecular flexibility index (Phi) is 5.28. The maximum Gasteiger partial charge on any atom is 0.246 e. The fourth-order valence-corrected chi connectivity index (χ4v) is 3.17. The summed E-state index contributed by atoms with van der Waals surface area (Å²) in [6, 6.07) is 10.2. The lowest BCUT2D eigenvalue weighted by molar-refractivity contribution is -0.130. The number of aromatic nitrogens is 2. The van der Waals surface area contributed by atoms with Gasteiger partial charge in [0.25, 0.3) is 0 Å². The van der Waals surface area contributed by atoms with Crippen molar-refractivity contribution in [2.24, 2.45) is 0 Å². The highest BCUT2D eigenvalue weighted by Crippen LogP contribution is 2.21. The minimum absolute atomic E-state index is 0.0640. The summed E-state index contributed by atoms with van der Waals surface area (Å²) in [5.41, 5.74) is 3.71. The monoisotopic (exact) mass is 355 g/mol. The Morgan fingerprint density at radius 3 is 2.80 bits per heavy atom. The number of hydrogen-bond acceptors (Lipinski definition) is 5. The molecule has 0 unspecified atom stereocenters. The van der Waals surface area contributed by atoms with E-state index in [0.29, 0.717) is 24.7 Å². The number of thiophene rings is 1. The van der Waals surface area contributed by atoms with Crippen molar-refractivity contribution in [3.05, 3.63) is 58.3 Å². The van der Waals surface area contributed by atoms with Gasteiger partial charge in [-0.25, -0.2) is 0 Å². The summed E-state index contributed by atoms with van der Waals surface area (Å²) in [5.74, 6) is 1.08. The lowest BCUT2D eigenvalue weighted by Gasteiger charge is -2.14. The summed E-state index contributed by atoms with van der Waals surface area (Å²) >= 11 is 1.56. The largest absolute Gasteiger partial charge is 0.337 e. The molecular formula is C19H21N3O2S. The zero-order valence-electron chi connectivity index (χ0n) is 14.7. The Morgan fingerprint density at radius 2 is 2.08 bits per heavy atom. The second-order valence-corrected chi connectivity index (χ2v) is 7.11. The van der Waals surface area contributed by atoms with Gasteiger partial charge in [-0.15, -0.1) is 11.3 Å². The van der Waals surface area contributed by atoms with E-state index in [1.807, 2.05) is 17.5 Å². The average Bonchev–Trinajstić information content (AvgIpc) is 3.26. The molecule has 0 spiro atoms. The molecule has 0 atom stereocenters. The molecule has 0 fully saturated rings. The molecular weight excluding hydrogens is 334 g/mol. The van der Waals surface area contributed by atoms with Gasteiger partial charge in [-0.3, -0.25) is 4.79 Å². The van der Waals surface area contributed by atoms with E-state index >= 15 is 0 Å². The number of carbonyl (C=O) groups is 1. The molecule has 2 aromatic heterocycles. The number of rotatable bonds is 6. The van der Waals surface area contributed by atoms with Crippen molar-refractivity contribution in [3.8, 4) is 10.7 Å². The van der Waals surface area contributed by atoms with Gasteiger partial charge in [0.2, 0.25) is 17.6 Å². The van der Waals surface area contributed by atoms with E-state index in [4.69, 9.17) is 4.52 Å². The first-order chi connectivity index (χ1) is 12.0. The number of nitrogens with zero attached hydrogens (tertiary/aromatic N) is 3. The Bertz CT molecular complexity index is 855. The molecule has 6 heteroatoms. The molecule has 0 bridgehead atoms. The van der Waals surface area contributed by atoms with Crippen LogP contribution in [0.5, 0.6) is 0 Å². The third kappa shape index (κ3) is 4.33. The van der Waals surface area contributed by atoms with Crippen molar-refractivity contribution in [2.45, 2.75) is 33.2 Å². The van der Waals surface area contributed by atoms with E-state index in [0.717, 1.165) is 11.3 Å². The van der Waals surface area contributed by atoms with Crippen molar-refractivity contribution in [1.82, 2.24) is 15.0 Å². The second kappa shape index (κ2) is 7.61. The van der Waals surface area contributed by atoms with E-state index in [9.17, 15) is 4.79 Å². The number of carbonyl (C=O) groups excluding carboxylic acids is 1. The summed E-state index contributed by atoms with van der Waals surface area (Å²) < 4.78 is 5.25. The topological polar surface area (TPSA) is 59.2 Å². The molecule has 0 aliphatic rings. The van der Waals surface area contributed by atoms with E-state index in [-0.39, 0.29) is 5.91 Å². The normalized spacial score (nSPS) is 10.8. The van der Waals surface area contributed by atoms with Crippen LogP contribution in [-0.4, -0.2) is 28.0 Å². The van der Waals surface area contributed by atoms with E-state index in [2.05, 4.69) is 42.2 Å². The highest BCUT2D eigenvalue weighted by Gasteiger charge is 2.15. The van der Waals surface area contributed by atoms with Crippen LogP contribution in [0.25, 0.3) is 10.7 Å². The number of aryl methyl sites for hydroxylation is 3. The van der Waals surface area contributed by atoms with Crippen molar-refractivity contribution >= 4 is 17.2 Å². The van der Waals surface area contributed by atoms with Gasteiger partial charge in [-0.05, 0) is 48.4 Å². The Balaban J connectivity index is 1.54. The van der Waals surface area contributed by atoms with Gasteiger partial charge in [0.15, 0.2) is 0 Å². The molecule has 0 saturated carbocycles. The zero-order valence-corrected chi connectivity index (χ0v) is 15.5. The lowest BCUT2D eigenvalue weighted by Crippen LogP contribution is -2.26. The molecule has 5 nitrogen and oxygen atoms in total. The molecule has 130 valence electrons. The SMILES string of the molecule is Cc1ccc(CCC(=O)N(C)Cc2nc(-c3cccs3)no2)cc1C. The molecule has 0 aliphatic heterocycles. The van der Waals surface area contributed by atoms with Gasteiger partial charge >= 0.3 is 0 Å². The van der Waals surface area contributed by atoms with Crippen LogP contribution in [0.1, 0.15) is 29.0 Å². The Morgan fingerprint density at radius 1 is 1.24 bits per heavy atom. The maximum absolute atomic E-state index is 12.3. The Hall–Kier alpha value is -2.47. The summed E-state index contributed by atoms with van der Waals surface area (Å²) in [5, 5.41) is 5.93. The third-order valence-corrected chi connectivity index (χ3v) is 5.07. The molecule has 25 heavy (non-hydrogen) atoms. The fraction of sp³-hybridized carbons (Fsp3) is 0.316. The van der Waals surface area contributed by atoms with E-state index < -0.39 is 0 Å². The summed E-state index contributed by atoms with van der Waals surface area (Å²) in [7, 11) is 1.76. The van der Waals surface area contributed by atoms with E-state index in [1.165, 1.54) is 16.7 Å². The number of benzene rings is 1. The first-order valence-electron chi connectivity index (χ1n) is 8.19. The Labute approximate surface area is 151 Å². The van der Waals surface area contributed by atoms with Crippen LogP contribution in [0, 0.1) is 13.8 Å². The van der Waals surface area contributed by atoms with Crippen LogP contribution in [0.4, 0.5) is 0 Å². The number of hydrogen-bond donors (Lipinski definition) is 0. The molecule has 0 N–H and O–H groups in total. The van der Waals surface area contributed by atoms with Crippen molar-refractivity contribution < 1.29 is 9.32 Å². The van der Waals surface area contributed by atoms with E-state index in [1.54, 1.807) is 23.3 Å². The predicted octanol–water partition coefficient (Wildman–Crippen LogP) is 4.01. The summed E-state index contributed by atoms with van der Waals surface area (Å²) in [6.07, 6.45) is 1.19. The van der Waals surface area contributed by atoms with Crippen LogP contribution in [0.3, 0.4) is 0 Å². The second-order valence-electron chi connectivity index (χ2n) is 6.16. The van der Waals surface area contributed by atoms with Gasteiger partial charge in [0.1, 0.15) is 0 Å². The first kappa shape index (κ1) is 17.4. The molecule has 0 aliphatic carbocycles. The quantitative estimate of drug-likeness (QED) is 0.670. The van der Waals surface area contributed by atoms with Gasteiger partial charge in [0, 0.05) is 13.5 Å². The molecule has 0 radical (unpaired) electrons. The number of amides is 1. The summed E-state index contributed by atoms with van der Waals surface area (Å²) in [6.45, 7) is 4.50. The highest BCUT2D eigenvalue weighted by molar-refractivity contribution is 7.13. The van der Waals surface area contributed by atoms with Gasteiger partial charge in [0.05, 0.1) is 11.4 Å². The van der Waals surface area contributed by atoms with Crippen LogP contribution in [0.15, 0.2) is 40.2 Å². The molecule has 1 aromatic carbocycles. The smallest absolute Gasteiger partial charge is 0.246 e. The first-order valence-corrected chi connectivity index (χ1v) is 9.07. The van der Waals surface area contributed by atoms with Crippen LogP contribution >= 0.6 is 11.3 Å². The van der Waals surface area contributed by atoms with Gasteiger partial charge in [-0.2, -0.15) is 4.98 Å². The maximum atomic E-state index is 12.3. The van der Waals surface area contributed by atoms with Crippen LogP contribution < -0.4 is 0 Å². The lowest BCUT2D eigenvalue weighted by atomic mass is 10.0. The average molecular weight is 355 g/mol. The van der Waals surface area contributed by atoms with Crippen LogP contribution in [0.2, 0.25) is 0 Å². The summed E-state index contributed by atoms with van der Waals surface area (Å²) in [4.78, 5) is 19.3. The molecule has 1 amide bonds. The molecule has 3 rings (SSSR count). The van der Waals surface area contributed by atoms with Gasteiger partial charge in [-0.1, -0.05) is 29.4 Å². The third-order valence-electron chi connectivity index (χ3n) is 4.21. The van der Waals surface area contributed by atoms with Crippen LogP contribution in [-0.2, 0) is 17.8 Å². The van der Waals surface area contributed by atoms with Crippen molar-refractivity contribution in [2.75, 3.05) is 7.05 Å². The molecule has 0 saturated heterocycles. The minimum Gasteiger partial charge on any atom is -0.337 e.